The molecule has 2 aliphatic rings. The Labute approximate surface area is 127 Å². The molecule has 0 aromatic heterocycles. The van der Waals surface area contributed by atoms with E-state index in [1.54, 1.807) is 0 Å². The van der Waals surface area contributed by atoms with Crippen LogP contribution >= 0.6 is 0 Å². The van der Waals surface area contributed by atoms with Crippen LogP contribution in [0.1, 0.15) is 42.4 Å². The molecule has 2 heterocycles. The molecule has 3 rings (SSSR count). The summed E-state index contributed by atoms with van der Waals surface area (Å²) in [7, 11) is 2.07. The van der Waals surface area contributed by atoms with Crippen LogP contribution in [-0.2, 0) is 6.18 Å². The summed E-state index contributed by atoms with van der Waals surface area (Å²) in [4.78, 5) is 2.30. The van der Waals surface area contributed by atoms with E-state index in [1.165, 1.54) is 6.07 Å². The first-order chi connectivity index (χ1) is 10.4. The van der Waals surface area contributed by atoms with E-state index in [-0.39, 0.29) is 6.04 Å². The number of likely N-dealkylation sites (N-methyl/N-ethyl adjacent to an activating group) is 1. The van der Waals surface area contributed by atoms with Gasteiger partial charge in [-0.2, -0.15) is 18.4 Å². The first-order valence-electron chi connectivity index (χ1n) is 7.44. The standard InChI is InChI=1S/C17H17F3N2/c1-22-14-3-2-4-15(22)8-12(7-14)16-9-13(17(18,19)20)6-5-11(16)10-21/h5-7,9,14-15H,2-4,8H2,1H3. The molecule has 0 aliphatic carbocycles. The summed E-state index contributed by atoms with van der Waals surface area (Å²) in [6.45, 7) is 0. The Morgan fingerprint density at radius 1 is 1.27 bits per heavy atom. The molecule has 0 amide bonds. The van der Waals surface area contributed by atoms with Crippen LogP contribution in [0, 0.1) is 11.3 Å². The monoisotopic (exact) mass is 306 g/mol. The lowest BCUT2D eigenvalue weighted by atomic mass is 9.82. The lowest BCUT2D eigenvalue weighted by Gasteiger charge is -2.43. The maximum atomic E-state index is 13.0. The zero-order chi connectivity index (χ0) is 15.9. The van der Waals surface area contributed by atoms with Crippen molar-refractivity contribution >= 4 is 5.57 Å². The van der Waals surface area contributed by atoms with E-state index in [4.69, 9.17) is 0 Å². The summed E-state index contributed by atoms with van der Waals surface area (Å²) >= 11 is 0. The molecule has 116 valence electrons. The summed E-state index contributed by atoms with van der Waals surface area (Å²) in [5, 5.41) is 9.23. The molecule has 1 aromatic carbocycles. The Hall–Kier alpha value is -1.80. The number of hydrogen-bond acceptors (Lipinski definition) is 2. The Balaban J connectivity index is 2.06. The highest BCUT2D eigenvalue weighted by atomic mass is 19.4. The third-order valence-corrected chi connectivity index (χ3v) is 4.80. The number of hydrogen-bond donors (Lipinski definition) is 0. The van der Waals surface area contributed by atoms with Gasteiger partial charge in [0.1, 0.15) is 0 Å². The Morgan fingerprint density at radius 2 is 2.05 bits per heavy atom. The zero-order valence-electron chi connectivity index (χ0n) is 12.3. The van der Waals surface area contributed by atoms with Crippen molar-refractivity contribution in [2.24, 2.45) is 0 Å². The van der Waals surface area contributed by atoms with Crippen molar-refractivity contribution in [3.05, 3.63) is 41.0 Å². The van der Waals surface area contributed by atoms with Crippen LogP contribution in [0.5, 0.6) is 0 Å². The van der Waals surface area contributed by atoms with Crippen molar-refractivity contribution < 1.29 is 13.2 Å². The second kappa shape index (κ2) is 5.44. The predicted octanol–water partition coefficient (Wildman–Crippen LogP) is 4.22. The van der Waals surface area contributed by atoms with Crippen molar-refractivity contribution in [1.82, 2.24) is 4.90 Å². The molecule has 22 heavy (non-hydrogen) atoms. The molecule has 2 atom stereocenters. The Morgan fingerprint density at radius 3 is 2.68 bits per heavy atom. The van der Waals surface area contributed by atoms with Crippen molar-refractivity contribution in [1.29, 1.82) is 5.26 Å². The minimum atomic E-state index is -4.38. The number of fused-ring (bicyclic) bond motifs is 2. The second-order valence-electron chi connectivity index (χ2n) is 6.08. The number of alkyl halides is 3. The number of halogens is 3. The Bertz CT molecular complexity index is 655. The molecule has 2 bridgehead atoms. The average molecular weight is 306 g/mol. The van der Waals surface area contributed by atoms with Gasteiger partial charge in [-0.3, -0.25) is 4.90 Å². The fraction of sp³-hybridized carbons (Fsp3) is 0.471. The molecule has 2 unspecified atom stereocenters. The van der Waals surface area contributed by atoms with Crippen LogP contribution in [-0.4, -0.2) is 24.0 Å². The summed E-state index contributed by atoms with van der Waals surface area (Å²) in [6, 6.07) is 6.05. The number of nitrogens with zero attached hydrogens (tertiary/aromatic N) is 2. The summed E-state index contributed by atoms with van der Waals surface area (Å²) in [5.74, 6) is 0. The van der Waals surface area contributed by atoms with Crippen LogP contribution in [0.2, 0.25) is 0 Å². The fourth-order valence-corrected chi connectivity index (χ4v) is 3.53. The quantitative estimate of drug-likeness (QED) is 0.777. The molecule has 0 spiro atoms. The lowest BCUT2D eigenvalue weighted by Crippen LogP contribution is -2.45. The highest BCUT2D eigenvalue weighted by Gasteiger charge is 2.34. The molecule has 1 saturated heterocycles. The molecule has 0 saturated carbocycles. The zero-order valence-corrected chi connectivity index (χ0v) is 12.3. The van der Waals surface area contributed by atoms with E-state index in [0.717, 1.165) is 37.0 Å². The van der Waals surface area contributed by atoms with Gasteiger partial charge in [0.15, 0.2) is 0 Å². The van der Waals surface area contributed by atoms with Crippen LogP contribution in [0.3, 0.4) is 0 Å². The van der Waals surface area contributed by atoms with Gasteiger partial charge < -0.3 is 0 Å². The second-order valence-corrected chi connectivity index (χ2v) is 6.08. The van der Waals surface area contributed by atoms with Gasteiger partial charge >= 0.3 is 6.18 Å². The maximum absolute atomic E-state index is 13.0. The lowest BCUT2D eigenvalue weighted by molar-refractivity contribution is -0.137. The smallest absolute Gasteiger partial charge is 0.297 e. The van der Waals surface area contributed by atoms with E-state index in [1.807, 2.05) is 12.1 Å². The molecule has 2 nitrogen and oxygen atoms in total. The van der Waals surface area contributed by atoms with E-state index < -0.39 is 11.7 Å². The number of benzene rings is 1. The first-order valence-corrected chi connectivity index (χ1v) is 7.44. The Kier molecular flexibility index (Phi) is 3.73. The SMILES string of the molecule is CN1C2C=C(c3cc(C(F)(F)F)ccc3C#N)CC1CCC2. The fourth-order valence-electron chi connectivity index (χ4n) is 3.53. The van der Waals surface area contributed by atoms with Crippen LogP contribution in [0.4, 0.5) is 13.2 Å². The predicted molar refractivity (Wildman–Crippen MR) is 77.9 cm³/mol. The normalized spacial score (nSPS) is 25.5. The van der Waals surface area contributed by atoms with Crippen LogP contribution in [0.25, 0.3) is 5.57 Å². The van der Waals surface area contributed by atoms with Crippen molar-refractivity contribution in [3.8, 4) is 6.07 Å². The summed E-state index contributed by atoms with van der Waals surface area (Å²) in [6.07, 6.45) is 1.61. The number of rotatable bonds is 1. The van der Waals surface area contributed by atoms with E-state index >= 15 is 0 Å². The van der Waals surface area contributed by atoms with Crippen molar-refractivity contribution in [2.75, 3.05) is 7.05 Å². The molecular formula is C17H17F3N2. The highest BCUT2D eigenvalue weighted by Crippen LogP contribution is 2.39. The third kappa shape index (κ3) is 2.64. The van der Waals surface area contributed by atoms with Gasteiger partial charge in [-0.25, -0.2) is 0 Å². The maximum Gasteiger partial charge on any atom is 0.416 e. The van der Waals surface area contributed by atoms with Crippen LogP contribution in [0.15, 0.2) is 24.3 Å². The van der Waals surface area contributed by atoms with Crippen molar-refractivity contribution in [2.45, 2.75) is 43.9 Å². The molecule has 0 N–H and O–H groups in total. The van der Waals surface area contributed by atoms with E-state index in [2.05, 4.69) is 11.9 Å². The van der Waals surface area contributed by atoms with Gasteiger partial charge in [0.25, 0.3) is 0 Å². The highest BCUT2D eigenvalue weighted by molar-refractivity contribution is 5.73. The third-order valence-electron chi connectivity index (χ3n) is 4.80. The van der Waals surface area contributed by atoms with Gasteiger partial charge in [-0.1, -0.05) is 12.5 Å². The van der Waals surface area contributed by atoms with E-state index in [0.29, 0.717) is 23.6 Å². The topological polar surface area (TPSA) is 27.0 Å². The average Bonchev–Trinajstić information content (AvgIpc) is 2.45. The minimum absolute atomic E-state index is 0.267. The molecule has 1 aromatic rings. The minimum Gasteiger partial charge on any atom is -0.297 e. The largest absolute Gasteiger partial charge is 0.416 e. The summed E-state index contributed by atoms with van der Waals surface area (Å²) < 4.78 is 38.9. The van der Waals surface area contributed by atoms with Gasteiger partial charge in [-0.05, 0) is 55.6 Å². The van der Waals surface area contributed by atoms with E-state index in [9.17, 15) is 18.4 Å². The molecule has 0 radical (unpaired) electrons. The van der Waals surface area contributed by atoms with Gasteiger partial charge in [0.2, 0.25) is 0 Å². The van der Waals surface area contributed by atoms with Gasteiger partial charge in [0, 0.05) is 12.1 Å². The van der Waals surface area contributed by atoms with Crippen LogP contribution < -0.4 is 0 Å². The molecular weight excluding hydrogens is 289 g/mol. The summed E-state index contributed by atoms with van der Waals surface area (Å²) in [5.41, 5.74) is 0.964. The number of piperidine rings is 1. The molecule has 5 heteroatoms. The molecule has 1 fully saturated rings. The van der Waals surface area contributed by atoms with Gasteiger partial charge in [0.05, 0.1) is 17.2 Å². The van der Waals surface area contributed by atoms with Crippen molar-refractivity contribution in [3.63, 3.8) is 0 Å². The first kappa shape index (κ1) is 15.1. The number of nitriles is 1. The molecule has 2 aliphatic heterocycles. The van der Waals surface area contributed by atoms with Gasteiger partial charge in [-0.15, -0.1) is 0 Å².